The van der Waals surface area contributed by atoms with E-state index in [0.717, 1.165) is 12.8 Å². The van der Waals surface area contributed by atoms with E-state index in [2.05, 4.69) is 0 Å². The quantitative estimate of drug-likeness (QED) is 0.560. The van der Waals surface area contributed by atoms with E-state index in [-0.39, 0.29) is 17.5 Å². The van der Waals surface area contributed by atoms with Gasteiger partial charge in [-0.1, -0.05) is 0 Å². The van der Waals surface area contributed by atoms with Crippen LogP contribution in [0.25, 0.3) is 0 Å². The van der Waals surface area contributed by atoms with Gasteiger partial charge in [-0.25, -0.2) is 4.79 Å². The van der Waals surface area contributed by atoms with Crippen molar-refractivity contribution in [2.45, 2.75) is 36.7 Å². The molecule has 4 heteroatoms. The van der Waals surface area contributed by atoms with E-state index in [0.29, 0.717) is 11.7 Å². The van der Waals surface area contributed by atoms with Crippen molar-refractivity contribution in [2.75, 3.05) is 0 Å². The zero-order valence-corrected chi connectivity index (χ0v) is 6.84. The molecule has 0 aromatic carbocycles. The molecule has 1 saturated carbocycles. The smallest absolute Gasteiger partial charge is 0.368 e. The lowest BCUT2D eigenvalue weighted by Gasteiger charge is -2.25. The Morgan fingerprint density at radius 1 is 1.55 bits per heavy atom. The molecule has 62 valence electrons. The second-order valence-electron chi connectivity index (χ2n) is 3.03. The summed E-state index contributed by atoms with van der Waals surface area (Å²) in [6.45, 7) is 0. The monoisotopic (exact) mass is 174 g/mol. The summed E-state index contributed by atoms with van der Waals surface area (Å²) in [4.78, 5) is 10.8. The number of hydrogen-bond acceptors (Lipinski definition) is 4. The molecule has 0 amide bonds. The largest absolute Gasteiger partial charge is 0.453 e. The summed E-state index contributed by atoms with van der Waals surface area (Å²) in [6.07, 6.45) is 2.06. The van der Waals surface area contributed by atoms with Gasteiger partial charge in [0.15, 0.2) is 0 Å². The third-order valence-electron chi connectivity index (χ3n) is 2.20. The Labute approximate surface area is 69.1 Å². The van der Waals surface area contributed by atoms with Gasteiger partial charge in [0, 0.05) is 6.42 Å². The third kappa shape index (κ3) is 1.37. The lowest BCUT2D eigenvalue weighted by molar-refractivity contribution is 0.0454. The first-order valence-electron chi connectivity index (χ1n) is 3.81. The maximum absolute atomic E-state index is 10.8. The van der Waals surface area contributed by atoms with Crippen molar-refractivity contribution in [3.63, 3.8) is 0 Å². The topological polar surface area (TPSA) is 46.5 Å². The zero-order valence-electron chi connectivity index (χ0n) is 6.03. The Bertz CT molecular complexity index is 183. The second-order valence-corrected chi connectivity index (χ2v) is 4.20. The Balaban J connectivity index is 2.02. The van der Waals surface area contributed by atoms with Crippen molar-refractivity contribution >= 4 is 17.1 Å². The van der Waals surface area contributed by atoms with E-state index in [1.54, 1.807) is 0 Å². The van der Waals surface area contributed by atoms with Crippen LogP contribution in [-0.4, -0.2) is 27.9 Å². The number of fused-ring (bicyclic) bond motifs is 1. The second kappa shape index (κ2) is 2.68. The molecule has 3 nitrogen and oxygen atoms in total. The summed E-state index contributed by atoms with van der Waals surface area (Å²) in [7, 11) is 0. The molecule has 2 rings (SSSR count). The summed E-state index contributed by atoms with van der Waals surface area (Å²) in [5.41, 5.74) is 0. The first kappa shape index (κ1) is 7.43. The summed E-state index contributed by atoms with van der Waals surface area (Å²) in [6, 6.07) is 0. The number of rotatable bonds is 0. The maximum atomic E-state index is 10.8. The van der Waals surface area contributed by atoms with E-state index >= 15 is 0 Å². The van der Waals surface area contributed by atoms with Crippen molar-refractivity contribution < 1.29 is 14.6 Å². The Morgan fingerprint density at radius 2 is 2.36 bits per heavy atom. The van der Waals surface area contributed by atoms with Crippen molar-refractivity contribution in [2.24, 2.45) is 0 Å². The Hall–Kier alpha value is -0.220. The number of ether oxygens (including phenoxy) is 1. The van der Waals surface area contributed by atoms with Crippen LogP contribution in [0.15, 0.2) is 0 Å². The fraction of sp³-hybridized carbons (Fsp3) is 0.857. The highest BCUT2D eigenvalue weighted by atomic mass is 32.2. The Morgan fingerprint density at radius 3 is 3.18 bits per heavy atom. The maximum Gasteiger partial charge on any atom is 0.368 e. The molecular formula is C7H10O3S. The summed E-state index contributed by atoms with van der Waals surface area (Å²) in [5, 5.41) is 9.38. The van der Waals surface area contributed by atoms with Crippen molar-refractivity contribution in [3.05, 3.63) is 0 Å². The minimum absolute atomic E-state index is 0.0174. The number of thioether (sulfide) groups is 1. The molecule has 1 N–H and O–H groups in total. The average Bonchev–Trinajstić information content (AvgIpc) is 2.27. The van der Waals surface area contributed by atoms with Crippen LogP contribution in [0.5, 0.6) is 0 Å². The van der Waals surface area contributed by atoms with Crippen LogP contribution < -0.4 is 0 Å². The molecular weight excluding hydrogens is 164 g/mol. The fourth-order valence-electron chi connectivity index (χ4n) is 1.61. The predicted molar refractivity (Wildman–Crippen MR) is 41.5 cm³/mol. The van der Waals surface area contributed by atoms with Gasteiger partial charge in [-0.05, 0) is 24.6 Å². The minimum atomic E-state index is -0.261. The normalized spacial score (nSPS) is 43.4. The van der Waals surface area contributed by atoms with Gasteiger partial charge in [-0.3, -0.25) is 0 Å². The molecule has 0 spiro atoms. The van der Waals surface area contributed by atoms with Gasteiger partial charge < -0.3 is 9.84 Å². The average molecular weight is 174 g/mol. The highest BCUT2D eigenvalue weighted by Crippen LogP contribution is 2.37. The molecule has 2 aliphatic rings. The van der Waals surface area contributed by atoms with Gasteiger partial charge in [-0.15, -0.1) is 0 Å². The van der Waals surface area contributed by atoms with Gasteiger partial charge in [0.1, 0.15) is 6.10 Å². The molecule has 0 aromatic heterocycles. The molecule has 2 fully saturated rings. The molecule has 0 radical (unpaired) electrons. The molecule has 0 bridgehead atoms. The number of hydrogen-bond donors (Lipinski definition) is 1. The first-order valence-corrected chi connectivity index (χ1v) is 4.69. The number of carbonyl (C=O) groups excluding carboxylic acids is 1. The first-order chi connectivity index (χ1) is 5.25. The van der Waals surface area contributed by atoms with Gasteiger partial charge in [0.2, 0.25) is 0 Å². The SMILES string of the molecule is O=C1OC2CC(O)CCC2S1. The van der Waals surface area contributed by atoms with Gasteiger partial charge in [-0.2, -0.15) is 0 Å². The van der Waals surface area contributed by atoms with Gasteiger partial charge >= 0.3 is 5.30 Å². The fourth-order valence-corrected chi connectivity index (χ4v) is 2.61. The predicted octanol–water partition coefficient (Wildman–Crippen LogP) is 1.15. The van der Waals surface area contributed by atoms with Crippen LogP contribution in [0.4, 0.5) is 4.79 Å². The molecule has 3 atom stereocenters. The van der Waals surface area contributed by atoms with Crippen LogP contribution in [0.1, 0.15) is 19.3 Å². The number of aliphatic hydroxyl groups excluding tert-OH is 1. The molecule has 1 heterocycles. The molecule has 1 aliphatic carbocycles. The van der Waals surface area contributed by atoms with E-state index in [9.17, 15) is 9.90 Å². The van der Waals surface area contributed by atoms with Crippen molar-refractivity contribution in [1.82, 2.24) is 0 Å². The summed E-state index contributed by atoms with van der Waals surface area (Å²) < 4.78 is 5.00. The van der Waals surface area contributed by atoms with Crippen molar-refractivity contribution in [3.8, 4) is 0 Å². The van der Waals surface area contributed by atoms with Gasteiger partial charge in [0.25, 0.3) is 0 Å². The molecule has 3 unspecified atom stereocenters. The van der Waals surface area contributed by atoms with Crippen LogP contribution in [-0.2, 0) is 4.74 Å². The Kier molecular flexibility index (Phi) is 1.81. The van der Waals surface area contributed by atoms with E-state index in [4.69, 9.17) is 4.74 Å². The molecule has 11 heavy (non-hydrogen) atoms. The summed E-state index contributed by atoms with van der Waals surface area (Å²) in [5.74, 6) is 0. The van der Waals surface area contributed by atoms with Crippen LogP contribution in [0.3, 0.4) is 0 Å². The number of carbonyl (C=O) groups is 1. The summed E-state index contributed by atoms with van der Waals surface area (Å²) >= 11 is 1.28. The van der Waals surface area contributed by atoms with Gasteiger partial charge in [0.05, 0.1) is 11.4 Å². The molecule has 1 saturated heterocycles. The minimum Gasteiger partial charge on any atom is -0.453 e. The lowest BCUT2D eigenvalue weighted by Crippen LogP contribution is -2.31. The van der Waals surface area contributed by atoms with E-state index in [1.807, 2.05) is 0 Å². The number of aliphatic hydroxyl groups is 1. The highest BCUT2D eigenvalue weighted by molar-refractivity contribution is 8.14. The third-order valence-corrected chi connectivity index (χ3v) is 3.33. The lowest BCUT2D eigenvalue weighted by atomic mass is 9.95. The van der Waals surface area contributed by atoms with E-state index in [1.165, 1.54) is 11.8 Å². The van der Waals surface area contributed by atoms with Crippen molar-refractivity contribution in [1.29, 1.82) is 0 Å². The zero-order chi connectivity index (χ0) is 7.84. The van der Waals surface area contributed by atoms with Crippen LogP contribution in [0, 0.1) is 0 Å². The van der Waals surface area contributed by atoms with Crippen LogP contribution in [0.2, 0.25) is 0 Å². The van der Waals surface area contributed by atoms with Crippen LogP contribution >= 0.6 is 11.8 Å². The standard InChI is InChI=1S/C7H10O3S/c8-4-1-2-6-5(3-4)10-7(9)11-6/h4-6,8H,1-3H2. The molecule has 1 aliphatic heterocycles. The highest BCUT2D eigenvalue weighted by Gasteiger charge is 2.39. The van der Waals surface area contributed by atoms with E-state index < -0.39 is 0 Å². The molecule has 0 aromatic rings.